The van der Waals surface area contributed by atoms with Crippen LogP contribution in [0, 0.1) is 12.8 Å². The van der Waals surface area contributed by atoms with Crippen LogP contribution in [0.2, 0.25) is 0 Å². The molecule has 1 aromatic heterocycles. The second-order valence-corrected chi connectivity index (χ2v) is 4.63. The second kappa shape index (κ2) is 4.27. The average molecular weight is 237 g/mol. The largest absolute Gasteiger partial charge is 0.394 e. The maximum atomic E-state index is 11.2. The molecule has 1 unspecified atom stereocenters. The van der Waals surface area contributed by atoms with Crippen molar-refractivity contribution in [2.75, 3.05) is 23.7 Å². The maximum Gasteiger partial charge on any atom is 0.222 e. The van der Waals surface area contributed by atoms with E-state index in [9.17, 15) is 4.79 Å². The molecule has 1 aliphatic heterocycles. The molecule has 1 fully saturated rings. The van der Waals surface area contributed by atoms with Crippen LogP contribution >= 0.6 is 0 Å². The number of aryl methyl sites for hydroxylation is 2. The summed E-state index contributed by atoms with van der Waals surface area (Å²) in [7, 11) is 1.87. The van der Waals surface area contributed by atoms with Crippen LogP contribution in [0.1, 0.15) is 18.5 Å². The number of amides is 1. The molecule has 2 heterocycles. The Balaban J connectivity index is 2.24. The number of aromatic nitrogens is 2. The van der Waals surface area contributed by atoms with E-state index in [2.05, 4.69) is 10.00 Å². The zero-order chi connectivity index (χ0) is 12.6. The molecule has 1 atom stereocenters. The lowest BCUT2D eigenvalue weighted by Crippen LogP contribution is -2.42. The fourth-order valence-electron chi connectivity index (χ4n) is 2.44. The van der Waals surface area contributed by atoms with E-state index >= 15 is 0 Å². The Morgan fingerprint density at radius 3 is 2.76 bits per heavy atom. The number of rotatable bonds is 2. The van der Waals surface area contributed by atoms with Gasteiger partial charge in [0.25, 0.3) is 0 Å². The van der Waals surface area contributed by atoms with Crippen molar-refractivity contribution in [2.24, 2.45) is 18.7 Å². The number of hydrogen-bond acceptors (Lipinski definition) is 4. The minimum absolute atomic E-state index is 0.0849. The van der Waals surface area contributed by atoms with Crippen LogP contribution in [0.25, 0.3) is 0 Å². The first kappa shape index (κ1) is 11.8. The molecule has 6 nitrogen and oxygen atoms in total. The molecule has 6 heteroatoms. The van der Waals surface area contributed by atoms with Gasteiger partial charge in [0.15, 0.2) is 0 Å². The first-order valence-electron chi connectivity index (χ1n) is 5.84. The van der Waals surface area contributed by atoms with Crippen molar-refractivity contribution in [1.82, 2.24) is 9.78 Å². The highest BCUT2D eigenvalue weighted by atomic mass is 16.1. The average Bonchev–Trinajstić information content (AvgIpc) is 2.53. The van der Waals surface area contributed by atoms with Crippen LogP contribution in [0.4, 0.5) is 11.5 Å². The molecule has 1 aliphatic rings. The SMILES string of the molecule is Cc1nn(C)c(N2CCCC(C(N)=O)C2)c1N. The Hall–Kier alpha value is -1.72. The second-order valence-electron chi connectivity index (χ2n) is 4.63. The predicted octanol–water partition coefficient (Wildman–Crippen LogP) is 0.0124. The van der Waals surface area contributed by atoms with Crippen molar-refractivity contribution < 1.29 is 4.79 Å². The smallest absolute Gasteiger partial charge is 0.222 e. The third-order valence-corrected chi connectivity index (χ3v) is 3.36. The lowest BCUT2D eigenvalue weighted by atomic mass is 9.97. The van der Waals surface area contributed by atoms with Gasteiger partial charge in [-0.1, -0.05) is 0 Å². The maximum absolute atomic E-state index is 11.2. The Labute approximate surface area is 101 Å². The van der Waals surface area contributed by atoms with Gasteiger partial charge in [-0.15, -0.1) is 0 Å². The number of carbonyl (C=O) groups is 1. The molecule has 0 spiro atoms. The monoisotopic (exact) mass is 237 g/mol. The lowest BCUT2D eigenvalue weighted by molar-refractivity contribution is -0.122. The number of nitrogen functional groups attached to an aromatic ring is 1. The number of piperidine rings is 1. The summed E-state index contributed by atoms with van der Waals surface area (Å²) in [5, 5.41) is 4.29. The van der Waals surface area contributed by atoms with Crippen molar-refractivity contribution in [2.45, 2.75) is 19.8 Å². The molecule has 0 aliphatic carbocycles. The molecular weight excluding hydrogens is 218 g/mol. The predicted molar refractivity (Wildman–Crippen MR) is 66.5 cm³/mol. The van der Waals surface area contributed by atoms with Crippen molar-refractivity contribution in [3.8, 4) is 0 Å². The molecule has 94 valence electrons. The fourth-order valence-corrected chi connectivity index (χ4v) is 2.44. The quantitative estimate of drug-likeness (QED) is 0.758. The van der Waals surface area contributed by atoms with Crippen molar-refractivity contribution in [3.63, 3.8) is 0 Å². The van der Waals surface area contributed by atoms with Crippen LogP contribution in [0.3, 0.4) is 0 Å². The van der Waals surface area contributed by atoms with Gasteiger partial charge in [0.2, 0.25) is 5.91 Å². The summed E-state index contributed by atoms with van der Waals surface area (Å²) < 4.78 is 1.77. The summed E-state index contributed by atoms with van der Waals surface area (Å²) in [4.78, 5) is 13.4. The number of carbonyl (C=O) groups excluding carboxylic acids is 1. The van der Waals surface area contributed by atoms with E-state index in [4.69, 9.17) is 11.5 Å². The van der Waals surface area contributed by atoms with Crippen LogP contribution in [0.15, 0.2) is 0 Å². The zero-order valence-corrected chi connectivity index (χ0v) is 10.3. The van der Waals surface area contributed by atoms with Crippen LogP contribution in [0.5, 0.6) is 0 Å². The van der Waals surface area contributed by atoms with Gasteiger partial charge in [0.1, 0.15) is 5.82 Å². The van der Waals surface area contributed by atoms with Gasteiger partial charge in [0.05, 0.1) is 17.3 Å². The first-order valence-corrected chi connectivity index (χ1v) is 5.84. The third-order valence-electron chi connectivity index (χ3n) is 3.36. The topological polar surface area (TPSA) is 90.2 Å². The molecule has 1 saturated heterocycles. The van der Waals surface area contributed by atoms with Crippen LogP contribution in [-0.2, 0) is 11.8 Å². The standard InChI is InChI=1S/C11H19N5O/c1-7-9(12)11(15(2)14-7)16-5-3-4-8(6-16)10(13)17/h8H,3-6,12H2,1-2H3,(H2,13,17). The fraction of sp³-hybridized carbons (Fsp3) is 0.636. The highest BCUT2D eigenvalue weighted by Gasteiger charge is 2.27. The van der Waals surface area contributed by atoms with Gasteiger partial charge in [-0.2, -0.15) is 5.10 Å². The highest BCUT2D eigenvalue weighted by Crippen LogP contribution is 2.29. The Morgan fingerprint density at radius 1 is 1.53 bits per heavy atom. The molecule has 0 saturated carbocycles. The molecule has 0 bridgehead atoms. The molecule has 4 N–H and O–H groups in total. The van der Waals surface area contributed by atoms with E-state index in [0.29, 0.717) is 12.2 Å². The molecule has 0 radical (unpaired) electrons. The summed E-state index contributed by atoms with van der Waals surface area (Å²) in [5.74, 6) is 0.582. The number of primary amides is 1. The normalized spacial score (nSPS) is 20.6. The van der Waals surface area contributed by atoms with Gasteiger partial charge < -0.3 is 16.4 Å². The van der Waals surface area contributed by atoms with E-state index in [-0.39, 0.29) is 11.8 Å². The van der Waals surface area contributed by atoms with E-state index in [1.54, 1.807) is 4.68 Å². The van der Waals surface area contributed by atoms with Crippen molar-refractivity contribution in [3.05, 3.63) is 5.69 Å². The number of nitrogens with two attached hydrogens (primary N) is 2. The minimum atomic E-state index is -0.229. The van der Waals surface area contributed by atoms with E-state index in [1.165, 1.54) is 0 Å². The first-order chi connectivity index (χ1) is 8.00. The third kappa shape index (κ3) is 2.07. The van der Waals surface area contributed by atoms with Crippen molar-refractivity contribution in [1.29, 1.82) is 0 Å². The van der Waals surface area contributed by atoms with Gasteiger partial charge in [-0.25, -0.2) is 0 Å². The lowest BCUT2D eigenvalue weighted by Gasteiger charge is -2.32. The van der Waals surface area contributed by atoms with E-state index in [0.717, 1.165) is 30.9 Å². The van der Waals surface area contributed by atoms with Crippen LogP contribution < -0.4 is 16.4 Å². The van der Waals surface area contributed by atoms with Crippen molar-refractivity contribution >= 4 is 17.4 Å². The summed E-state index contributed by atoms with van der Waals surface area (Å²) in [6.07, 6.45) is 1.82. The van der Waals surface area contributed by atoms with Gasteiger partial charge in [-0.05, 0) is 19.8 Å². The molecule has 17 heavy (non-hydrogen) atoms. The Kier molecular flexibility index (Phi) is 2.95. The zero-order valence-electron chi connectivity index (χ0n) is 10.3. The molecule has 0 aromatic carbocycles. The number of anilines is 2. The van der Waals surface area contributed by atoms with Gasteiger partial charge in [-0.3, -0.25) is 9.48 Å². The Bertz CT molecular complexity index is 439. The summed E-state index contributed by atoms with van der Waals surface area (Å²) in [5.41, 5.74) is 12.9. The van der Waals surface area contributed by atoms with Gasteiger partial charge in [0, 0.05) is 20.1 Å². The summed E-state index contributed by atoms with van der Waals surface area (Å²) in [6, 6.07) is 0. The van der Waals surface area contributed by atoms with Crippen LogP contribution in [-0.4, -0.2) is 28.8 Å². The highest BCUT2D eigenvalue weighted by molar-refractivity contribution is 5.78. The molecule has 1 amide bonds. The summed E-state index contributed by atoms with van der Waals surface area (Å²) in [6.45, 7) is 3.42. The summed E-state index contributed by atoms with van der Waals surface area (Å²) >= 11 is 0. The minimum Gasteiger partial charge on any atom is -0.394 e. The number of nitrogens with zero attached hydrogens (tertiary/aromatic N) is 3. The molecule has 2 rings (SSSR count). The number of hydrogen-bond donors (Lipinski definition) is 2. The molecular formula is C11H19N5O. The van der Waals surface area contributed by atoms with E-state index < -0.39 is 0 Å². The molecule has 1 aromatic rings. The van der Waals surface area contributed by atoms with Gasteiger partial charge >= 0.3 is 0 Å². The Morgan fingerprint density at radius 2 is 2.24 bits per heavy atom. The van der Waals surface area contributed by atoms with E-state index in [1.807, 2.05) is 14.0 Å².